The zero-order valence-electron chi connectivity index (χ0n) is 10.6. The van der Waals surface area contributed by atoms with Crippen molar-refractivity contribution in [1.29, 1.82) is 0 Å². The zero-order valence-corrected chi connectivity index (χ0v) is 10.6. The second-order valence-corrected chi connectivity index (χ2v) is 4.80. The van der Waals surface area contributed by atoms with E-state index in [1.54, 1.807) is 13.1 Å². The Morgan fingerprint density at radius 2 is 2.00 bits per heavy atom. The van der Waals surface area contributed by atoms with Crippen molar-refractivity contribution in [2.24, 2.45) is 11.8 Å². The van der Waals surface area contributed by atoms with Crippen molar-refractivity contribution < 1.29 is 9.90 Å². The summed E-state index contributed by atoms with van der Waals surface area (Å²) < 4.78 is 0. The summed E-state index contributed by atoms with van der Waals surface area (Å²) in [4.78, 5) is 15.3. The summed E-state index contributed by atoms with van der Waals surface area (Å²) in [5, 5.41) is 10.1. The lowest BCUT2D eigenvalue weighted by molar-refractivity contribution is -0.142. The highest BCUT2D eigenvalue weighted by Gasteiger charge is 2.20. The summed E-state index contributed by atoms with van der Waals surface area (Å²) in [5.41, 5.74) is 2.13. The minimum atomic E-state index is -0.735. The molecular weight excluding hydrogens is 226 g/mol. The van der Waals surface area contributed by atoms with Gasteiger partial charge in [-0.05, 0) is 30.0 Å². The molecule has 2 atom stereocenters. The third-order valence-electron chi connectivity index (χ3n) is 3.52. The summed E-state index contributed by atoms with van der Waals surface area (Å²) in [7, 11) is 0. The second-order valence-electron chi connectivity index (χ2n) is 4.80. The molecule has 0 saturated carbocycles. The van der Waals surface area contributed by atoms with Gasteiger partial charge in [0, 0.05) is 11.6 Å². The van der Waals surface area contributed by atoms with Crippen LogP contribution in [0.1, 0.15) is 19.4 Å². The standard InChI is InChI=1S/C15H17NO2/c1-10(11(2)15(17)18)9-12-7-8-16-14-6-4-3-5-13(12)14/h3-8,10-11H,9H2,1-2H3,(H,17,18). The van der Waals surface area contributed by atoms with E-state index in [2.05, 4.69) is 4.98 Å². The van der Waals surface area contributed by atoms with Crippen LogP contribution in [-0.2, 0) is 11.2 Å². The quantitative estimate of drug-likeness (QED) is 0.897. The van der Waals surface area contributed by atoms with Crippen LogP contribution in [0.3, 0.4) is 0 Å². The van der Waals surface area contributed by atoms with E-state index < -0.39 is 5.97 Å². The molecule has 0 aliphatic heterocycles. The Kier molecular flexibility index (Phi) is 3.60. The lowest BCUT2D eigenvalue weighted by Crippen LogP contribution is -2.20. The van der Waals surface area contributed by atoms with E-state index in [0.717, 1.165) is 17.3 Å². The van der Waals surface area contributed by atoms with Crippen LogP contribution in [0.4, 0.5) is 0 Å². The molecule has 2 aromatic rings. The second kappa shape index (κ2) is 5.17. The van der Waals surface area contributed by atoms with Crippen molar-refractivity contribution in [2.75, 3.05) is 0 Å². The van der Waals surface area contributed by atoms with E-state index in [0.29, 0.717) is 0 Å². The molecule has 1 aromatic heterocycles. The maximum Gasteiger partial charge on any atom is 0.306 e. The molecule has 2 unspecified atom stereocenters. The monoisotopic (exact) mass is 243 g/mol. The molecule has 0 saturated heterocycles. The molecule has 0 spiro atoms. The van der Waals surface area contributed by atoms with Gasteiger partial charge in [-0.25, -0.2) is 0 Å². The van der Waals surface area contributed by atoms with Crippen LogP contribution in [0.2, 0.25) is 0 Å². The Balaban J connectivity index is 2.29. The van der Waals surface area contributed by atoms with Crippen LogP contribution < -0.4 is 0 Å². The van der Waals surface area contributed by atoms with Crippen molar-refractivity contribution in [3.8, 4) is 0 Å². The van der Waals surface area contributed by atoms with E-state index in [9.17, 15) is 4.79 Å². The first-order chi connectivity index (χ1) is 8.59. The largest absolute Gasteiger partial charge is 0.481 e. The molecule has 94 valence electrons. The highest BCUT2D eigenvalue weighted by molar-refractivity contribution is 5.82. The van der Waals surface area contributed by atoms with E-state index >= 15 is 0 Å². The summed E-state index contributed by atoms with van der Waals surface area (Å²) in [6.45, 7) is 3.74. The number of pyridine rings is 1. The van der Waals surface area contributed by atoms with Gasteiger partial charge in [0.2, 0.25) is 0 Å². The van der Waals surface area contributed by atoms with Crippen molar-refractivity contribution in [2.45, 2.75) is 20.3 Å². The Morgan fingerprint density at radius 1 is 1.28 bits per heavy atom. The van der Waals surface area contributed by atoms with Crippen LogP contribution in [0.25, 0.3) is 10.9 Å². The number of carboxylic acid groups (broad SMARTS) is 1. The highest BCUT2D eigenvalue weighted by atomic mass is 16.4. The molecule has 1 heterocycles. The predicted molar refractivity (Wildman–Crippen MR) is 71.4 cm³/mol. The fourth-order valence-electron chi connectivity index (χ4n) is 2.10. The normalized spacial score (nSPS) is 14.3. The summed E-state index contributed by atoms with van der Waals surface area (Å²) in [6, 6.07) is 9.94. The van der Waals surface area contributed by atoms with Gasteiger partial charge >= 0.3 is 5.97 Å². The van der Waals surface area contributed by atoms with Crippen LogP contribution in [0.5, 0.6) is 0 Å². The number of fused-ring (bicyclic) bond motifs is 1. The van der Waals surface area contributed by atoms with Gasteiger partial charge in [0.05, 0.1) is 11.4 Å². The van der Waals surface area contributed by atoms with Gasteiger partial charge in [0.1, 0.15) is 0 Å². The smallest absolute Gasteiger partial charge is 0.306 e. The van der Waals surface area contributed by atoms with Crippen molar-refractivity contribution >= 4 is 16.9 Å². The highest BCUT2D eigenvalue weighted by Crippen LogP contribution is 2.22. The average Bonchev–Trinajstić information content (AvgIpc) is 2.38. The predicted octanol–water partition coefficient (Wildman–Crippen LogP) is 3.13. The summed E-state index contributed by atoms with van der Waals surface area (Å²) >= 11 is 0. The minimum absolute atomic E-state index is 0.105. The zero-order chi connectivity index (χ0) is 13.1. The molecular formula is C15H17NO2. The van der Waals surface area contributed by atoms with E-state index in [1.165, 1.54) is 5.56 Å². The number of aliphatic carboxylic acids is 1. The topological polar surface area (TPSA) is 50.2 Å². The Bertz CT molecular complexity index is 560. The maximum absolute atomic E-state index is 11.0. The minimum Gasteiger partial charge on any atom is -0.481 e. The molecule has 0 bridgehead atoms. The Hall–Kier alpha value is -1.90. The number of hydrogen-bond acceptors (Lipinski definition) is 2. The number of carbonyl (C=O) groups is 1. The molecule has 3 nitrogen and oxygen atoms in total. The van der Waals surface area contributed by atoms with Gasteiger partial charge in [0.25, 0.3) is 0 Å². The SMILES string of the molecule is CC(Cc1ccnc2ccccc12)C(C)C(=O)O. The van der Waals surface area contributed by atoms with E-state index in [1.807, 2.05) is 37.3 Å². The number of aromatic nitrogens is 1. The van der Waals surface area contributed by atoms with Gasteiger partial charge in [-0.15, -0.1) is 0 Å². The van der Waals surface area contributed by atoms with Crippen molar-refractivity contribution in [1.82, 2.24) is 4.98 Å². The van der Waals surface area contributed by atoms with Gasteiger partial charge in [-0.2, -0.15) is 0 Å². The number of benzene rings is 1. The first-order valence-corrected chi connectivity index (χ1v) is 6.15. The third kappa shape index (κ3) is 2.50. The van der Waals surface area contributed by atoms with Gasteiger partial charge in [-0.1, -0.05) is 32.0 Å². The van der Waals surface area contributed by atoms with Gasteiger partial charge in [-0.3, -0.25) is 9.78 Å². The lowest BCUT2D eigenvalue weighted by Gasteiger charge is -2.16. The van der Waals surface area contributed by atoms with Crippen LogP contribution in [-0.4, -0.2) is 16.1 Å². The first-order valence-electron chi connectivity index (χ1n) is 6.15. The molecule has 0 amide bonds. The Labute approximate surface area is 106 Å². The molecule has 0 radical (unpaired) electrons. The number of nitrogens with zero attached hydrogens (tertiary/aromatic N) is 1. The van der Waals surface area contributed by atoms with Crippen molar-refractivity contribution in [3.63, 3.8) is 0 Å². The molecule has 0 aliphatic rings. The molecule has 1 aromatic carbocycles. The molecule has 0 fully saturated rings. The number of hydrogen-bond donors (Lipinski definition) is 1. The molecule has 2 rings (SSSR count). The summed E-state index contributed by atoms with van der Waals surface area (Å²) in [5.74, 6) is -0.967. The molecule has 3 heteroatoms. The molecule has 0 aliphatic carbocycles. The molecule has 18 heavy (non-hydrogen) atoms. The molecule has 1 N–H and O–H groups in total. The number of carboxylic acids is 1. The van der Waals surface area contributed by atoms with Gasteiger partial charge in [0.15, 0.2) is 0 Å². The third-order valence-corrected chi connectivity index (χ3v) is 3.52. The number of para-hydroxylation sites is 1. The number of rotatable bonds is 4. The summed E-state index contributed by atoms with van der Waals surface area (Å²) in [6.07, 6.45) is 2.55. The Morgan fingerprint density at radius 3 is 2.72 bits per heavy atom. The maximum atomic E-state index is 11.0. The van der Waals surface area contributed by atoms with Crippen LogP contribution in [0, 0.1) is 11.8 Å². The van der Waals surface area contributed by atoms with Crippen LogP contribution in [0.15, 0.2) is 36.5 Å². The van der Waals surface area contributed by atoms with E-state index in [4.69, 9.17) is 5.11 Å². The fourth-order valence-corrected chi connectivity index (χ4v) is 2.10. The van der Waals surface area contributed by atoms with Gasteiger partial charge < -0.3 is 5.11 Å². The first kappa shape index (κ1) is 12.6. The van der Waals surface area contributed by atoms with Crippen LogP contribution >= 0.6 is 0 Å². The lowest BCUT2D eigenvalue weighted by atomic mass is 9.89. The van der Waals surface area contributed by atoms with E-state index in [-0.39, 0.29) is 11.8 Å². The fraction of sp³-hybridized carbons (Fsp3) is 0.333. The van der Waals surface area contributed by atoms with Crippen molar-refractivity contribution in [3.05, 3.63) is 42.1 Å². The average molecular weight is 243 g/mol.